The van der Waals surface area contributed by atoms with Gasteiger partial charge in [0.15, 0.2) is 0 Å². The first-order valence-corrected chi connectivity index (χ1v) is 18.2. The topological polar surface area (TPSA) is 98.0 Å². The van der Waals surface area contributed by atoms with Crippen LogP contribution in [0.4, 0.5) is 0 Å². The zero-order valence-electron chi connectivity index (χ0n) is 28.9. The van der Waals surface area contributed by atoms with E-state index in [1.807, 2.05) is 91.0 Å². The minimum absolute atomic E-state index is 0.159. The fourth-order valence-corrected chi connectivity index (χ4v) is 7.26. The van der Waals surface area contributed by atoms with E-state index in [2.05, 4.69) is 6.92 Å². The first-order valence-electron chi connectivity index (χ1n) is 18.2. The van der Waals surface area contributed by atoms with Crippen molar-refractivity contribution in [2.24, 2.45) is 5.92 Å². The summed E-state index contributed by atoms with van der Waals surface area (Å²) in [6, 6.07) is 28.8. The number of aliphatic hydroxyl groups is 3. The van der Waals surface area contributed by atoms with E-state index in [1.165, 1.54) is 64.2 Å². The van der Waals surface area contributed by atoms with Crippen LogP contribution >= 0.6 is 0 Å². The maximum atomic E-state index is 12.4. The fourth-order valence-electron chi connectivity index (χ4n) is 7.26. The molecule has 47 heavy (non-hydrogen) atoms. The highest BCUT2D eigenvalue weighted by Gasteiger charge is 2.52. The van der Waals surface area contributed by atoms with E-state index in [0.717, 1.165) is 36.0 Å². The van der Waals surface area contributed by atoms with Gasteiger partial charge in [-0.25, -0.2) is 0 Å². The number of hydrogen-bond donors (Lipinski definition) is 4. The second kappa shape index (κ2) is 20.4. The maximum Gasteiger partial charge on any atom is 0.306 e. The quantitative estimate of drug-likeness (QED) is 0.0575. The maximum absolute atomic E-state index is 12.4. The number of carboxylic acid groups (broad SMARTS) is 1. The van der Waals surface area contributed by atoms with E-state index in [4.69, 9.17) is 0 Å². The molecule has 0 fully saturated rings. The summed E-state index contributed by atoms with van der Waals surface area (Å²) < 4.78 is 0. The lowest BCUT2D eigenvalue weighted by molar-refractivity contribution is -0.160. The molecule has 4 atom stereocenters. The lowest BCUT2D eigenvalue weighted by Crippen LogP contribution is -2.58. The molecule has 0 aliphatic heterocycles. The van der Waals surface area contributed by atoms with E-state index in [9.17, 15) is 25.2 Å². The monoisotopic (exact) mass is 644 g/mol. The molecule has 5 heteroatoms. The second-order valence-corrected chi connectivity index (χ2v) is 13.7. The summed E-state index contributed by atoms with van der Waals surface area (Å²) in [4.78, 5) is 12.0. The molecular formula is C42H60O5. The molecule has 3 aromatic carbocycles. The zero-order chi connectivity index (χ0) is 34.0. The van der Waals surface area contributed by atoms with Crippen LogP contribution in [0.3, 0.4) is 0 Å². The molecule has 0 heterocycles. The Hall–Kier alpha value is -2.99. The molecule has 0 radical (unpaired) electrons. The first kappa shape index (κ1) is 38.5. The predicted molar refractivity (Wildman–Crippen MR) is 193 cm³/mol. The summed E-state index contributed by atoms with van der Waals surface area (Å²) in [5.41, 5.74) is -0.714. The highest BCUT2D eigenvalue weighted by Crippen LogP contribution is 2.46. The van der Waals surface area contributed by atoms with Gasteiger partial charge in [0, 0.05) is 0 Å². The third-order valence-electron chi connectivity index (χ3n) is 10.0. The normalized spacial score (nSPS) is 15.1. The van der Waals surface area contributed by atoms with Crippen molar-refractivity contribution in [1.82, 2.24) is 0 Å². The van der Waals surface area contributed by atoms with E-state index in [1.54, 1.807) is 6.92 Å². The standard InChI is InChI=1S/C42H60O5/c1-3-4-5-6-7-8-9-10-11-12-13-14-15-25-32-41(47,33-34(2)40(45)46)38(43)39(44)42(35-26-19-16-20-27-35,36-28-21-17-22-29-36)37-30-23-18-24-31-37/h16-24,26-31,34,38-39,43-44,47H,3-15,25,32-33H2,1-2H3,(H,45,46)/t34?,38?,39?,41-/m1/s1. The number of carbonyl (C=O) groups is 1. The van der Waals surface area contributed by atoms with Crippen molar-refractivity contribution in [2.45, 2.75) is 140 Å². The van der Waals surface area contributed by atoms with Crippen LogP contribution in [0.15, 0.2) is 91.0 Å². The Balaban J connectivity index is 1.74. The molecule has 5 nitrogen and oxygen atoms in total. The smallest absolute Gasteiger partial charge is 0.306 e. The van der Waals surface area contributed by atoms with Gasteiger partial charge in [-0.3, -0.25) is 4.79 Å². The molecule has 3 aromatic rings. The number of benzene rings is 3. The number of aliphatic carboxylic acids is 1. The summed E-state index contributed by atoms with van der Waals surface area (Å²) in [7, 11) is 0. The van der Waals surface area contributed by atoms with Crippen molar-refractivity contribution in [2.75, 3.05) is 0 Å². The van der Waals surface area contributed by atoms with Gasteiger partial charge in [0.25, 0.3) is 0 Å². The van der Waals surface area contributed by atoms with Gasteiger partial charge in [-0.1, -0.05) is 195 Å². The van der Waals surface area contributed by atoms with Crippen molar-refractivity contribution in [3.05, 3.63) is 108 Å². The van der Waals surface area contributed by atoms with Gasteiger partial charge in [-0.2, -0.15) is 0 Å². The van der Waals surface area contributed by atoms with E-state index < -0.39 is 35.1 Å². The largest absolute Gasteiger partial charge is 0.481 e. The third kappa shape index (κ3) is 11.0. The van der Waals surface area contributed by atoms with E-state index in [0.29, 0.717) is 6.42 Å². The van der Waals surface area contributed by atoms with Gasteiger partial charge >= 0.3 is 5.97 Å². The Morgan fingerprint density at radius 2 is 0.915 bits per heavy atom. The van der Waals surface area contributed by atoms with Gasteiger partial charge in [-0.15, -0.1) is 0 Å². The average molecular weight is 645 g/mol. The molecule has 0 bridgehead atoms. The minimum Gasteiger partial charge on any atom is -0.481 e. The number of carboxylic acids is 1. The van der Waals surface area contributed by atoms with Crippen LogP contribution in [0.1, 0.15) is 133 Å². The molecule has 0 saturated carbocycles. The summed E-state index contributed by atoms with van der Waals surface area (Å²) >= 11 is 0. The van der Waals surface area contributed by atoms with Crippen molar-refractivity contribution < 1.29 is 25.2 Å². The SMILES string of the molecule is CCCCCCCCCCCCCCCC[C@@](O)(CC(C)C(=O)O)C(O)C(O)C(c1ccccc1)(c1ccccc1)c1ccccc1. The van der Waals surface area contributed by atoms with Crippen LogP contribution in [0, 0.1) is 5.92 Å². The molecule has 0 aliphatic carbocycles. The molecule has 258 valence electrons. The lowest BCUT2D eigenvalue weighted by atomic mass is 9.62. The Labute approximate surface area is 284 Å². The molecule has 0 aliphatic rings. The highest BCUT2D eigenvalue weighted by molar-refractivity contribution is 5.69. The van der Waals surface area contributed by atoms with Gasteiger partial charge in [0.2, 0.25) is 0 Å². The van der Waals surface area contributed by atoms with Crippen LogP contribution < -0.4 is 0 Å². The summed E-state index contributed by atoms with van der Waals surface area (Å²) in [5, 5.41) is 46.5. The van der Waals surface area contributed by atoms with Gasteiger partial charge in [-0.05, 0) is 29.5 Å². The first-order chi connectivity index (χ1) is 22.8. The summed E-state index contributed by atoms with van der Waals surface area (Å²) in [6.45, 7) is 3.81. The molecule has 3 rings (SSSR count). The van der Waals surface area contributed by atoms with E-state index in [-0.39, 0.29) is 12.8 Å². The minimum atomic E-state index is -1.81. The molecule has 0 spiro atoms. The van der Waals surface area contributed by atoms with Gasteiger partial charge < -0.3 is 20.4 Å². The van der Waals surface area contributed by atoms with Crippen LogP contribution in [-0.2, 0) is 10.2 Å². The van der Waals surface area contributed by atoms with Crippen LogP contribution in [0.5, 0.6) is 0 Å². The Morgan fingerprint density at radius 1 is 0.574 bits per heavy atom. The molecule has 0 amide bonds. The van der Waals surface area contributed by atoms with Crippen molar-refractivity contribution in [3.8, 4) is 0 Å². The number of rotatable bonds is 24. The lowest BCUT2D eigenvalue weighted by Gasteiger charge is -2.46. The van der Waals surface area contributed by atoms with Crippen molar-refractivity contribution >= 4 is 5.97 Å². The number of unbranched alkanes of at least 4 members (excludes halogenated alkanes) is 13. The van der Waals surface area contributed by atoms with Gasteiger partial charge in [0.05, 0.1) is 16.9 Å². The Bertz CT molecular complexity index is 1150. The summed E-state index contributed by atoms with van der Waals surface area (Å²) in [6.07, 6.45) is 13.7. The molecular weight excluding hydrogens is 584 g/mol. The molecule has 3 unspecified atom stereocenters. The van der Waals surface area contributed by atoms with Crippen molar-refractivity contribution in [3.63, 3.8) is 0 Å². The number of hydrogen-bond acceptors (Lipinski definition) is 4. The Morgan fingerprint density at radius 3 is 1.26 bits per heavy atom. The highest BCUT2D eigenvalue weighted by atomic mass is 16.4. The van der Waals surface area contributed by atoms with E-state index >= 15 is 0 Å². The third-order valence-corrected chi connectivity index (χ3v) is 10.0. The van der Waals surface area contributed by atoms with Crippen LogP contribution in [0.25, 0.3) is 0 Å². The van der Waals surface area contributed by atoms with Gasteiger partial charge in [0.1, 0.15) is 12.2 Å². The molecule has 0 saturated heterocycles. The second-order valence-electron chi connectivity index (χ2n) is 13.7. The Kier molecular flexibility index (Phi) is 16.7. The van der Waals surface area contributed by atoms with Crippen LogP contribution in [0.2, 0.25) is 0 Å². The molecule has 4 N–H and O–H groups in total. The summed E-state index contributed by atoms with van der Waals surface area (Å²) in [5.74, 6) is -1.93. The number of aliphatic hydroxyl groups excluding tert-OH is 2. The molecule has 0 aromatic heterocycles. The average Bonchev–Trinajstić information content (AvgIpc) is 3.09. The van der Waals surface area contributed by atoms with Crippen LogP contribution in [-0.4, -0.2) is 44.2 Å². The zero-order valence-corrected chi connectivity index (χ0v) is 28.9. The van der Waals surface area contributed by atoms with Crippen molar-refractivity contribution in [1.29, 1.82) is 0 Å². The fraction of sp³-hybridized carbons (Fsp3) is 0.548. The predicted octanol–water partition coefficient (Wildman–Crippen LogP) is 9.46.